The SMILES string of the molecule is CCC(C(=O)c1ccccc1)N(CC(C)C)C(C)C. The van der Waals surface area contributed by atoms with E-state index in [1.807, 2.05) is 30.3 Å². The van der Waals surface area contributed by atoms with Crippen molar-refractivity contribution in [3.63, 3.8) is 0 Å². The molecule has 0 radical (unpaired) electrons. The molecule has 0 aliphatic carbocycles. The largest absolute Gasteiger partial charge is 0.292 e. The lowest BCUT2D eigenvalue weighted by Gasteiger charge is -2.34. The molecule has 0 heterocycles. The van der Waals surface area contributed by atoms with Gasteiger partial charge in [0.15, 0.2) is 5.78 Å². The van der Waals surface area contributed by atoms with E-state index in [0.29, 0.717) is 12.0 Å². The van der Waals surface area contributed by atoms with E-state index in [0.717, 1.165) is 18.5 Å². The molecule has 2 nitrogen and oxygen atoms in total. The molecule has 0 fully saturated rings. The number of carbonyl (C=O) groups excluding carboxylic acids is 1. The zero-order chi connectivity index (χ0) is 14.4. The molecule has 0 spiro atoms. The van der Waals surface area contributed by atoms with Crippen molar-refractivity contribution in [2.75, 3.05) is 6.54 Å². The summed E-state index contributed by atoms with van der Waals surface area (Å²) in [6.07, 6.45) is 0.860. The Hall–Kier alpha value is -1.15. The maximum absolute atomic E-state index is 12.7. The summed E-state index contributed by atoms with van der Waals surface area (Å²) in [6, 6.07) is 10.0. The molecule has 2 heteroatoms. The fourth-order valence-corrected chi connectivity index (χ4v) is 2.48. The molecule has 1 aromatic carbocycles. The molecule has 1 unspecified atom stereocenters. The van der Waals surface area contributed by atoms with Gasteiger partial charge in [0.25, 0.3) is 0 Å². The maximum atomic E-state index is 12.7. The Labute approximate surface area is 117 Å². The van der Waals surface area contributed by atoms with Crippen LogP contribution in [-0.4, -0.2) is 29.3 Å². The van der Waals surface area contributed by atoms with E-state index in [1.54, 1.807) is 0 Å². The van der Waals surface area contributed by atoms with Crippen molar-refractivity contribution < 1.29 is 4.79 Å². The van der Waals surface area contributed by atoms with E-state index in [4.69, 9.17) is 0 Å². The van der Waals surface area contributed by atoms with E-state index >= 15 is 0 Å². The van der Waals surface area contributed by atoms with Crippen LogP contribution in [0.2, 0.25) is 0 Å². The highest BCUT2D eigenvalue weighted by Gasteiger charge is 2.27. The molecule has 0 saturated heterocycles. The van der Waals surface area contributed by atoms with E-state index in [1.165, 1.54) is 0 Å². The van der Waals surface area contributed by atoms with Gasteiger partial charge in [-0.15, -0.1) is 0 Å². The minimum absolute atomic E-state index is 0.00944. The fourth-order valence-electron chi connectivity index (χ4n) is 2.48. The summed E-state index contributed by atoms with van der Waals surface area (Å²) in [6.45, 7) is 11.8. The normalized spacial score (nSPS) is 13.3. The average Bonchev–Trinajstić information content (AvgIpc) is 2.38. The van der Waals surface area contributed by atoms with Crippen LogP contribution < -0.4 is 0 Å². The molecule has 0 aliphatic heterocycles. The number of hydrogen-bond acceptors (Lipinski definition) is 2. The minimum Gasteiger partial charge on any atom is -0.292 e. The zero-order valence-electron chi connectivity index (χ0n) is 12.9. The zero-order valence-corrected chi connectivity index (χ0v) is 12.9. The second-order valence-electron chi connectivity index (χ2n) is 5.84. The lowest BCUT2D eigenvalue weighted by Crippen LogP contribution is -2.46. The maximum Gasteiger partial charge on any atom is 0.179 e. The predicted molar refractivity (Wildman–Crippen MR) is 81.5 cm³/mol. The Kier molecular flexibility index (Phi) is 6.23. The lowest BCUT2D eigenvalue weighted by atomic mass is 9.98. The first-order chi connectivity index (χ1) is 8.97. The van der Waals surface area contributed by atoms with E-state index < -0.39 is 0 Å². The third-order valence-electron chi connectivity index (χ3n) is 3.39. The van der Waals surface area contributed by atoms with Crippen LogP contribution in [0, 0.1) is 5.92 Å². The van der Waals surface area contributed by atoms with Gasteiger partial charge in [0.2, 0.25) is 0 Å². The number of ketones is 1. The van der Waals surface area contributed by atoms with Crippen molar-refractivity contribution in [1.82, 2.24) is 4.90 Å². The van der Waals surface area contributed by atoms with Gasteiger partial charge < -0.3 is 0 Å². The van der Waals surface area contributed by atoms with Gasteiger partial charge >= 0.3 is 0 Å². The first-order valence-corrected chi connectivity index (χ1v) is 7.32. The second-order valence-corrected chi connectivity index (χ2v) is 5.84. The lowest BCUT2D eigenvalue weighted by molar-refractivity contribution is 0.0724. The van der Waals surface area contributed by atoms with Gasteiger partial charge in [-0.3, -0.25) is 9.69 Å². The Morgan fingerprint density at radius 3 is 2.11 bits per heavy atom. The fraction of sp³-hybridized carbons (Fsp3) is 0.588. The van der Waals surface area contributed by atoms with Gasteiger partial charge in [-0.1, -0.05) is 51.1 Å². The monoisotopic (exact) mass is 261 g/mol. The van der Waals surface area contributed by atoms with E-state index in [2.05, 4.69) is 39.5 Å². The number of rotatable bonds is 7. The summed E-state index contributed by atoms with van der Waals surface area (Å²) >= 11 is 0. The first kappa shape index (κ1) is 15.9. The van der Waals surface area contributed by atoms with Crippen LogP contribution in [0.25, 0.3) is 0 Å². The first-order valence-electron chi connectivity index (χ1n) is 7.32. The number of benzene rings is 1. The third-order valence-corrected chi connectivity index (χ3v) is 3.39. The second kappa shape index (κ2) is 7.44. The summed E-state index contributed by atoms with van der Waals surface area (Å²) < 4.78 is 0. The molecule has 1 rings (SSSR count). The number of carbonyl (C=O) groups is 1. The van der Waals surface area contributed by atoms with Crippen LogP contribution >= 0.6 is 0 Å². The van der Waals surface area contributed by atoms with Gasteiger partial charge in [0.05, 0.1) is 6.04 Å². The Bertz CT molecular complexity index is 384. The summed E-state index contributed by atoms with van der Waals surface area (Å²) in [5, 5.41) is 0. The van der Waals surface area contributed by atoms with Crippen LogP contribution in [0.5, 0.6) is 0 Å². The molecule has 0 saturated carbocycles. The number of Topliss-reactive ketones (excluding diaryl/α,β-unsaturated/α-hetero) is 1. The Morgan fingerprint density at radius 1 is 1.11 bits per heavy atom. The Balaban J connectivity index is 2.94. The van der Waals surface area contributed by atoms with Gasteiger partial charge in [0, 0.05) is 18.2 Å². The van der Waals surface area contributed by atoms with Crippen molar-refractivity contribution in [2.45, 2.75) is 53.1 Å². The van der Waals surface area contributed by atoms with Crippen molar-refractivity contribution >= 4 is 5.78 Å². The van der Waals surface area contributed by atoms with Crippen molar-refractivity contribution in [1.29, 1.82) is 0 Å². The highest BCUT2D eigenvalue weighted by atomic mass is 16.1. The summed E-state index contributed by atoms with van der Waals surface area (Å²) in [7, 11) is 0. The minimum atomic E-state index is -0.00944. The summed E-state index contributed by atoms with van der Waals surface area (Å²) in [4.78, 5) is 15.0. The number of nitrogens with zero attached hydrogens (tertiary/aromatic N) is 1. The quantitative estimate of drug-likeness (QED) is 0.691. The molecule has 0 N–H and O–H groups in total. The van der Waals surface area contributed by atoms with Crippen molar-refractivity contribution in [3.8, 4) is 0 Å². The van der Waals surface area contributed by atoms with Gasteiger partial charge in [-0.2, -0.15) is 0 Å². The van der Waals surface area contributed by atoms with Crippen molar-refractivity contribution in [3.05, 3.63) is 35.9 Å². The molecule has 0 aliphatic rings. The van der Waals surface area contributed by atoms with Crippen molar-refractivity contribution in [2.24, 2.45) is 5.92 Å². The smallest absolute Gasteiger partial charge is 0.179 e. The van der Waals surface area contributed by atoms with Crippen LogP contribution in [0.1, 0.15) is 51.4 Å². The highest BCUT2D eigenvalue weighted by molar-refractivity contribution is 6.00. The summed E-state index contributed by atoms with van der Waals surface area (Å²) in [5.74, 6) is 0.817. The highest BCUT2D eigenvalue weighted by Crippen LogP contribution is 2.17. The van der Waals surface area contributed by atoms with Gasteiger partial charge in [0.1, 0.15) is 0 Å². The van der Waals surface area contributed by atoms with E-state index in [9.17, 15) is 4.79 Å². The standard InChI is InChI=1S/C17H27NO/c1-6-16(18(14(4)5)12-13(2)3)17(19)15-10-8-7-9-11-15/h7-11,13-14,16H,6,12H2,1-5H3. The number of hydrogen-bond donors (Lipinski definition) is 0. The third kappa shape index (κ3) is 4.46. The van der Waals surface area contributed by atoms with Crippen LogP contribution in [0.4, 0.5) is 0 Å². The molecular formula is C17H27NO. The van der Waals surface area contributed by atoms with Crippen LogP contribution in [0.3, 0.4) is 0 Å². The van der Waals surface area contributed by atoms with E-state index in [-0.39, 0.29) is 11.8 Å². The molecule has 0 amide bonds. The summed E-state index contributed by atoms with van der Waals surface area (Å²) in [5.41, 5.74) is 0.823. The average molecular weight is 261 g/mol. The molecule has 1 atom stereocenters. The molecule has 0 bridgehead atoms. The topological polar surface area (TPSA) is 20.3 Å². The molecule has 0 aromatic heterocycles. The Morgan fingerprint density at radius 2 is 1.68 bits per heavy atom. The molecule has 19 heavy (non-hydrogen) atoms. The van der Waals surface area contributed by atoms with Crippen LogP contribution in [-0.2, 0) is 0 Å². The predicted octanol–water partition coefficient (Wildman–Crippen LogP) is 4.01. The molecular weight excluding hydrogens is 234 g/mol. The van der Waals surface area contributed by atoms with Gasteiger partial charge in [-0.25, -0.2) is 0 Å². The van der Waals surface area contributed by atoms with Crippen LogP contribution in [0.15, 0.2) is 30.3 Å². The molecule has 106 valence electrons. The molecule has 1 aromatic rings. The van der Waals surface area contributed by atoms with Gasteiger partial charge in [-0.05, 0) is 26.2 Å².